The second kappa shape index (κ2) is 8.52. The third kappa shape index (κ3) is 4.41. The molecule has 0 aliphatic heterocycles. The van der Waals surface area contributed by atoms with Crippen LogP contribution in [-0.2, 0) is 6.54 Å². The summed E-state index contributed by atoms with van der Waals surface area (Å²) < 4.78 is 1.82. The Morgan fingerprint density at radius 2 is 1.72 bits per heavy atom. The van der Waals surface area contributed by atoms with E-state index in [1.54, 1.807) is 12.4 Å². The van der Waals surface area contributed by atoms with Gasteiger partial charge in [-0.25, -0.2) is 0 Å². The third-order valence-electron chi connectivity index (χ3n) is 4.77. The summed E-state index contributed by atoms with van der Waals surface area (Å²) in [6.07, 6.45) is 5.31. The van der Waals surface area contributed by atoms with Crippen molar-refractivity contribution < 1.29 is 4.79 Å². The highest BCUT2D eigenvalue weighted by Gasteiger charge is 2.20. The van der Waals surface area contributed by atoms with Crippen molar-refractivity contribution in [3.8, 4) is 11.3 Å². The molecule has 1 amide bonds. The lowest BCUT2D eigenvalue weighted by Gasteiger charge is -2.13. The van der Waals surface area contributed by atoms with Gasteiger partial charge in [0.2, 0.25) is 0 Å². The second-order valence-corrected chi connectivity index (χ2v) is 6.92. The number of hydrogen-bond donors (Lipinski definition) is 1. The number of nitrogens with one attached hydrogen (secondary N) is 1. The smallest absolute Gasteiger partial charge is 0.255 e. The van der Waals surface area contributed by atoms with Crippen LogP contribution < -0.4 is 5.32 Å². The topological polar surface area (TPSA) is 59.8 Å². The van der Waals surface area contributed by atoms with Gasteiger partial charge < -0.3 is 5.32 Å². The number of carbonyl (C=O) groups excluding carboxylic acids is 1. The van der Waals surface area contributed by atoms with Gasteiger partial charge in [0.15, 0.2) is 0 Å². The minimum atomic E-state index is -0.155. The van der Waals surface area contributed by atoms with Crippen molar-refractivity contribution >= 4 is 5.91 Å². The highest BCUT2D eigenvalue weighted by Crippen LogP contribution is 2.23. The minimum Gasteiger partial charge on any atom is -0.345 e. The van der Waals surface area contributed by atoms with Gasteiger partial charge in [0, 0.05) is 24.2 Å². The molecule has 5 heteroatoms. The standard InChI is InChI=1S/C24H22N4O/c1-18(21-13-8-14-25-15-21)26-24(29)22-17-28(16-19-9-4-2-5-10-19)27-23(22)20-11-6-3-7-12-20/h2-15,17-18H,16H2,1H3,(H,26,29). The van der Waals surface area contributed by atoms with Gasteiger partial charge in [0.1, 0.15) is 5.69 Å². The minimum absolute atomic E-state index is 0.153. The van der Waals surface area contributed by atoms with Crippen molar-refractivity contribution in [1.29, 1.82) is 0 Å². The Labute approximate surface area is 170 Å². The molecule has 0 aliphatic rings. The van der Waals surface area contributed by atoms with E-state index in [1.807, 2.05) is 90.6 Å². The van der Waals surface area contributed by atoms with Crippen molar-refractivity contribution in [3.05, 3.63) is 108 Å². The van der Waals surface area contributed by atoms with Crippen LogP contribution in [0.25, 0.3) is 11.3 Å². The molecule has 0 fully saturated rings. The first-order chi connectivity index (χ1) is 14.2. The molecule has 2 aromatic carbocycles. The normalized spacial score (nSPS) is 11.8. The molecule has 1 N–H and O–H groups in total. The zero-order chi connectivity index (χ0) is 20.1. The van der Waals surface area contributed by atoms with E-state index >= 15 is 0 Å². The van der Waals surface area contributed by atoms with Crippen LogP contribution in [-0.4, -0.2) is 20.7 Å². The molecule has 1 unspecified atom stereocenters. The molecule has 0 saturated heterocycles. The number of pyridine rings is 1. The molecule has 2 heterocycles. The lowest BCUT2D eigenvalue weighted by atomic mass is 10.1. The van der Waals surface area contributed by atoms with Gasteiger partial charge in [-0.2, -0.15) is 5.10 Å². The van der Waals surface area contributed by atoms with E-state index in [2.05, 4.69) is 10.3 Å². The molecule has 0 bridgehead atoms. The molecular weight excluding hydrogens is 360 g/mol. The molecule has 0 radical (unpaired) electrons. The maximum absolute atomic E-state index is 13.1. The Morgan fingerprint density at radius 1 is 1.00 bits per heavy atom. The molecule has 144 valence electrons. The largest absolute Gasteiger partial charge is 0.345 e. The van der Waals surface area contributed by atoms with Crippen molar-refractivity contribution in [2.75, 3.05) is 0 Å². The molecule has 0 spiro atoms. The summed E-state index contributed by atoms with van der Waals surface area (Å²) in [6.45, 7) is 2.55. The molecule has 0 saturated carbocycles. The van der Waals surface area contributed by atoms with Crippen LogP contribution in [0.2, 0.25) is 0 Å². The number of carbonyl (C=O) groups is 1. The maximum atomic E-state index is 13.1. The SMILES string of the molecule is CC(NC(=O)c1cn(Cc2ccccc2)nc1-c1ccccc1)c1cccnc1. The van der Waals surface area contributed by atoms with Crippen molar-refractivity contribution in [3.63, 3.8) is 0 Å². The molecule has 4 rings (SSSR count). The third-order valence-corrected chi connectivity index (χ3v) is 4.77. The Hall–Kier alpha value is -3.73. The Kier molecular flexibility index (Phi) is 5.47. The number of aromatic nitrogens is 3. The van der Waals surface area contributed by atoms with Crippen molar-refractivity contribution in [1.82, 2.24) is 20.1 Å². The van der Waals surface area contributed by atoms with E-state index in [1.165, 1.54) is 0 Å². The van der Waals surface area contributed by atoms with Crippen LogP contribution in [0.4, 0.5) is 0 Å². The number of hydrogen-bond acceptors (Lipinski definition) is 3. The number of benzene rings is 2. The van der Waals surface area contributed by atoms with E-state index in [0.717, 1.165) is 16.7 Å². The highest BCUT2D eigenvalue weighted by molar-refractivity contribution is 6.00. The van der Waals surface area contributed by atoms with E-state index < -0.39 is 0 Å². The fourth-order valence-corrected chi connectivity index (χ4v) is 3.24. The highest BCUT2D eigenvalue weighted by atomic mass is 16.1. The van der Waals surface area contributed by atoms with Crippen LogP contribution in [0.5, 0.6) is 0 Å². The van der Waals surface area contributed by atoms with Crippen LogP contribution >= 0.6 is 0 Å². The Morgan fingerprint density at radius 3 is 2.41 bits per heavy atom. The predicted molar refractivity (Wildman–Crippen MR) is 113 cm³/mol. The lowest BCUT2D eigenvalue weighted by Crippen LogP contribution is -2.26. The van der Waals surface area contributed by atoms with E-state index in [-0.39, 0.29) is 11.9 Å². The number of amides is 1. The quantitative estimate of drug-likeness (QED) is 0.535. The average molecular weight is 382 g/mol. The van der Waals surface area contributed by atoms with E-state index in [4.69, 9.17) is 5.10 Å². The van der Waals surface area contributed by atoms with E-state index in [9.17, 15) is 4.79 Å². The molecule has 2 aromatic heterocycles. The molecule has 1 atom stereocenters. The summed E-state index contributed by atoms with van der Waals surface area (Å²) in [5.41, 5.74) is 4.24. The summed E-state index contributed by atoms with van der Waals surface area (Å²) >= 11 is 0. The van der Waals surface area contributed by atoms with Gasteiger partial charge in [-0.05, 0) is 24.1 Å². The van der Waals surface area contributed by atoms with Crippen molar-refractivity contribution in [2.24, 2.45) is 0 Å². The lowest BCUT2D eigenvalue weighted by molar-refractivity contribution is 0.0940. The first kappa shape index (κ1) is 18.6. The van der Waals surface area contributed by atoms with Gasteiger partial charge in [-0.1, -0.05) is 66.7 Å². The fourth-order valence-electron chi connectivity index (χ4n) is 3.24. The summed E-state index contributed by atoms with van der Waals surface area (Å²) in [7, 11) is 0. The second-order valence-electron chi connectivity index (χ2n) is 6.92. The van der Waals surface area contributed by atoms with Gasteiger partial charge in [-0.3, -0.25) is 14.5 Å². The zero-order valence-corrected chi connectivity index (χ0v) is 16.2. The summed E-state index contributed by atoms with van der Waals surface area (Å²) in [5, 5.41) is 7.79. The van der Waals surface area contributed by atoms with E-state index in [0.29, 0.717) is 17.8 Å². The predicted octanol–water partition coefficient (Wildman–Crippen LogP) is 4.48. The van der Waals surface area contributed by atoms with Crippen LogP contribution in [0.3, 0.4) is 0 Å². The van der Waals surface area contributed by atoms with Crippen LogP contribution in [0, 0.1) is 0 Å². The maximum Gasteiger partial charge on any atom is 0.255 e. The number of nitrogens with zero attached hydrogens (tertiary/aromatic N) is 3. The fraction of sp³-hybridized carbons (Fsp3) is 0.125. The summed E-state index contributed by atoms with van der Waals surface area (Å²) in [6, 6.07) is 23.5. The summed E-state index contributed by atoms with van der Waals surface area (Å²) in [5.74, 6) is -0.153. The molecule has 4 aromatic rings. The first-order valence-corrected chi connectivity index (χ1v) is 9.58. The van der Waals surface area contributed by atoms with Gasteiger partial charge in [0.05, 0.1) is 18.2 Å². The van der Waals surface area contributed by atoms with Gasteiger partial charge in [-0.15, -0.1) is 0 Å². The first-order valence-electron chi connectivity index (χ1n) is 9.58. The average Bonchev–Trinajstić information content (AvgIpc) is 3.19. The van der Waals surface area contributed by atoms with Gasteiger partial charge in [0.25, 0.3) is 5.91 Å². The monoisotopic (exact) mass is 382 g/mol. The molecule has 5 nitrogen and oxygen atoms in total. The molecular formula is C24H22N4O. The Balaban J connectivity index is 1.64. The number of rotatable bonds is 6. The van der Waals surface area contributed by atoms with Gasteiger partial charge >= 0.3 is 0 Å². The molecule has 29 heavy (non-hydrogen) atoms. The van der Waals surface area contributed by atoms with Crippen LogP contribution in [0.15, 0.2) is 91.4 Å². The summed E-state index contributed by atoms with van der Waals surface area (Å²) in [4.78, 5) is 17.2. The Bertz CT molecular complexity index is 1080. The van der Waals surface area contributed by atoms with Crippen molar-refractivity contribution in [2.45, 2.75) is 19.5 Å². The molecule has 0 aliphatic carbocycles. The van der Waals surface area contributed by atoms with Crippen LogP contribution in [0.1, 0.15) is 34.5 Å². The zero-order valence-electron chi connectivity index (χ0n) is 16.2.